The molecule has 1 saturated heterocycles. The number of hydrogen-bond acceptors (Lipinski definition) is 3. The number of carbonyl (C=O) groups is 1. The van der Waals surface area contributed by atoms with Gasteiger partial charge in [0.2, 0.25) is 0 Å². The fourth-order valence-corrected chi connectivity index (χ4v) is 3.07. The third kappa shape index (κ3) is 2.51. The van der Waals surface area contributed by atoms with Crippen LogP contribution in [0.3, 0.4) is 0 Å². The van der Waals surface area contributed by atoms with E-state index in [1.165, 1.54) is 10.5 Å². The topological polar surface area (TPSA) is 62.7 Å². The average molecular weight is 286 g/mol. The monoisotopic (exact) mass is 286 g/mol. The van der Waals surface area contributed by atoms with Crippen molar-refractivity contribution in [3.05, 3.63) is 36.0 Å². The first-order chi connectivity index (χ1) is 10.2. The van der Waals surface area contributed by atoms with Crippen LogP contribution in [-0.4, -0.2) is 41.3 Å². The van der Waals surface area contributed by atoms with Crippen molar-refractivity contribution in [3.63, 3.8) is 0 Å². The van der Waals surface area contributed by atoms with Crippen LogP contribution in [0.5, 0.6) is 5.75 Å². The number of likely N-dealkylation sites (tertiary alicyclic amines) is 1. The Morgan fingerprint density at radius 2 is 2.10 bits per heavy atom. The molecule has 0 aliphatic carbocycles. The molecule has 1 amide bonds. The molecule has 1 aromatic carbocycles. The number of ether oxygens (including phenoxy) is 1. The molecule has 1 aliphatic rings. The van der Waals surface area contributed by atoms with E-state index in [4.69, 9.17) is 9.84 Å². The van der Waals surface area contributed by atoms with Gasteiger partial charge >= 0.3 is 6.09 Å². The lowest BCUT2D eigenvalue weighted by molar-refractivity contribution is 0.132. The highest BCUT2D eigenvalue weighted by molar-refractivity contribution is 5.87. The third-order valence-corrected chi connectivity index (χ3v) is 4.19. The summed E-state index contributed by atoms with van der Waals surface area (Å²) in [4.78, 5) is 16.9. The summed E-state index contributed by atoms with van der Waals surface area (Å²) in [7, 11) is 1.65. The molecule has 21 heavy (non-hydrogen) atoms. The zero-order chi connectivity index (χ0) is 14.8. The molecule has 2 heterocycles. The van der Waals surface area contributed by atoms with Gasteiger partial charge in [-0.25, -0.2) is 4.79 Å². The summed E-state index contributed by atoms with van der Waals surface area (Å²) in [5.41, 5.74) is 2.11. The molecule has 0 radical (unpaired) electrons. The number of methoxy groups -OCH3 is 1. The predicted molar refractivity (Wildman–Crippen MR) is 79.9 cm³/mol. The van der Waals surface area contributed by atoms with Crippen LogP contribution in [0.25, 0.3) is 10.9 Å². The Labute approximate surface area is 123 Å². The summed E-state index contributed by atoms with van der Waals surface area (Å²) in [6.45, 7) is 1.18. The molecule has 0 spiro atoms. The Morgan fingerprint density at radius 1 is 1.33 bits per heavy atom. The van der Waals surface area contributed by atoms with Gasteiger partial charge in [0.1, 0.15) is 11.3 Å². The van der Waals surface area contributed by atoms with Crippen molar-refractivity contribution >= 4 is 17.0 Å². The first kappa shape index (κ1) is 13.7. The van der Waals surface area contributed by atoms with Gasteiger partial charge in [0.15, 0.2) is 0 Å². The Kier molecular flexibility index (Phi) is 3.64. The minimum absolute atomic E-state index is 0.373. The largest absolute Gasteiger partial charge is 0.494 e. The Morgan fingerprint density at radius 3 is 2.76 bits per heavy atom. The van der Waals surface area contributed by atoms with E-state index in [0.29, 0.717) is 19.0 Å². The van der Waals surface area contributed by atoms with Crippen molar-refractivity contribution in [2.24, 2.45) is 0 Å². The van der Waals surface area contributed by atoms with Gasteiger partial charge in [-0.1, -0.05) is 12.1 Å². The molecule has 0 saturated carbocycles. The summed E-state index contributed by atoms with van der Waals surface area (Å²) in [6.07, 6.45) is 2.68. The summed E-state index contributed by atoms with van der Waals surface area (Å²) in [5.74, 6) is 1.15. The second-order valence-electron chi connectivity index (χ2n) is 5.30. The van der Waals surface area contributed by atoms with E-state index in [9.17, 15) is 4.79 Å². The standard InChI is InChI=1S/C16H18N2O3/c1-21-14-4-2-3-13-12(5-8-17-15(13)14)11-6-9-18(10-7-11)16(19)20/h2-5,8,11H,6-7,9-10H2,1H3,(H,19,20). The second-order valence-corrected chi connectivity index (χ2v) is 5.30. The molecule has 1 aromatic heterocycles. The summed E-state index contributed by atoms with van der Waals surface area (Å²) < 4.78 is 5.37. The number of amides is 1. The summed E-state index contributed by atoms with van der Waals surface area (Å²) in [6, 6.07) is 7.98. The summed E-state index contributed by atoms with van der Waals surface area (Å²) in [5, 5.41) is 10.1. The zero-order valence-electron chi connectivity index (χ0n) is 12.0. The highest BCUT2D eigenvalue weighted by Crippen LogP contribution is 2.34. The van der Waals surface area contributed by atoms with E-state index in [1.54, 1.807) is 7.11 Å². The second kappa shape index (κ2) is 5.60. The van der Waals surface area contributed by atoms with Crippen LogP contribution in [0.15, 0.2) is 30.5 Å². The van der Waals surface area contributed by atoms with Crippen LogP contribution in [-0.2, 0) is 0 Å². The van der Waals surface area contributed by atoms with Crippen molar-refractivity contribution in [2.75, 3.05) is 20.2 Å². The molecule has 2 aromatic rings. The number of para-hydroxylation sites is 1. The normalized spacial score (nSPS) is 16.1. The first-order valence-corrected chi connectivity index (χ1v) is 7.10. The molecule has 1 N–H and O–H groups in total. The van der Waals surface area contributed by atoms with Crippen molar-refractivity contribution in [3.8, 4) is 5.75 Å². The number of fused-ring (bicyclic) bond motifs is 1. The fraction of sp³-hybridized carbons (Fsp3) is 0.375. The number of aromatic nitrogens is 1. The average Bonchev–Trinajstić information content (AvgIpc) is 2.53. The van der Waals surface area contributed by atoms with Crippen LogP contribution in [0.2, 0.25) is 0 Å². The van der Waals surface area contributed by atoms with Gasteiger partial charge < -0.3 is 14.7 Å². The molecule has 0 bridgehead atoms. The number of benzene rings is 1. The fourth-order valence-electron chi connectivity index (χ4n) is 3.07. The lowest BCUT2D eigenvalue weighted by Crippen LogP contribution is -2.36. The molecule has 3 rings (SSSR count). The van der Waals surface area contributed by atoms with Gasteiger partial charge in [0, 0.05) is 24.7 Å². The first-order valence-electron chi connectivity index (χ1n) is 7.10. The minimum Gasteiger partial charge on any atom is -0.494 e. The van der Waals surface area contributed by atoms with E-state index in [2.05, 4.69) is 11.1 Å². The van der Waals surface area contributed by atoms with Crippen molar-refractivity contribution in [2.45, 2.75) is 18.8 Å². The highest BCUT2D eigenvalue weighted by Gasteiger charge is 2.24. The number of piperidine rings is 1. The number of nitrogens with zero attached hydrogens (tertiary/aromatic N) is 2. The molecule has 1 aliphatic heterocycles. The van der Waals surface area contributed by atoms with Crippen molar-refractivity contribution in [1.29, 1.82) is 0 Å². The number of pyridine rings is 1. The van der Waals surface area contributed by atoms with E-state index in [1.807, 2.05) is 24.4 Å². The van der Waals surface area contributed by atoms with Gasteiger partial charge in [-0.3, -0.25) is 4.98 Å². The minimum atomic E-state index is -0.824. The van der Waals surface area contributed by atoms with Gasteiger partial charge in [0.25, 0.3) is 0 Å². The number of hydrogen-bond donors (Lipinski definition) is 1. The third-order valence-electron chi connectivity index (χ3n) is 4.19. The van der Waals surface area contributed by atoms with E-state index in [0.717, 1.165) is 29.5 Å². The van der Waals surface area contributed by atoms with Gasteiger partial charge in [-0.2, -0.15) is 0 Å². The maximum Gasteiger partial charge on any atom is 0.407 e. The molecule has 0 atom stereocenters. The molecule has 0 unspecified atom stereocenters. The van der Waals surface area contributed by atoms with Gasteiger partial charge in [-0.05, 0) is 36.5 Å². The number of rotatable bonds is 2. The molecular formula is C16H18N2O3. The maximum atomic E-state index is 11.0. The van der Waals surface area contributed by atoms with Crippen LogP contribution < -0.4 is 4.74 Å². The van der Waals surface area contributed by atoms with Crippen LogP contribution in [0.4, 0.5) is 4.79 Å². The molecule has 1 fully saturated rings. The van der Waals surface area contributed by atoms with Crippen molar-refractivity contribution in [1.82, 2.24) is 9.88 Å². The SMILES string of the molecule is COc1cccc2c(C3CCN(C(=O)O)CC3)ccnc12. The molecule has 5 heteroatoms. The van der Waals surface area contributed by atoms with Gasteiger partial charge in [-0.15, -0.1) is 0 Å². The van der Waals surface area contributed by atoms with Crippen molar-refractivity contribution < 1.29 is 14.6 Å². The molecular weight excluding hydrogens is 268 g/mol. The Bertz CT molecular complexity index is 664. The smallest absolute Gasteiger partial charge is 0.407 e. The van der Waals surface area contributed by atoms with E-state index < -0.39 is 6.09 Å². The summed E-state index contributed by atoms with van der Waals surface area (Å²) >= 11 is 0. The predicted octanol–water partition coefficient (Wildman–Crippen LogP) is 3.10. The van der Waals surface area contributed by atoms with Crippen LogP contribution in [0, 0.1) is 0 Å². The van der Waals surface area contributed by atoms with E-state index >= 15 is 0 Å². The van der Waals surface area contributed by atoms with Crippen LogP contribution >= 0.6 is 0 Å². The lowest BCUT2D eigenvalue weighted by Gasteiger charge is -2.30. The number of carboxylic acid groups (broad SMARTS) is 1. The molecule has 5 nitrogen and oxygen atoms in total. The molecule has 110 valence electrons. The van der Waals surface area contributed by atoms with Crippen LogP contribution in [0.1, 0.15) is 24.3 Å². The maximum absolute atomic E-state index is 11.0. The van der Waals surface area contributed by atoms with E-state index in [-0.39, 0.29) is 0 Å². The lowest BCUT2D eigenvalue weighted by atomic mass is 9.87. The Hall–Kier alpha value is -2.30. The highest BCUT2D eigenvalue weighted by atomic mass is 16.5. The Balaban J connectivity index is 1.93. The zero-order valence-corrected chi connectivity index (χ0v) is 12.0. The quantitative estimate of drug-likeness (QED) is 0.921. The van der Waals surface area contributed by atoms with Gasteiger partial charge in [0.05, 0.1) is 7.11 Å².